The zero-order chi connectivity index (χ0) is 10.7. The summed E-state index contributed by atoms with van der Waals surface area (Å²) in [4.78, 5) is 0. The molecule has 0 aliphatic rings. The lowest BCUT2D eigenvalue weighted by Crippen LogP contribution is -1.81. The molecule has 78 valence electrons. The van der Waals surface area contributed by atoms with Gasteiger partial charge in [0.25, 0.3) is 0 Å². The van der Waals surface area contributed by atoms with Crippen molar-refractivity contribution in [2.75, 3.05) is 7.11 Å². The van der Waals surface area contributed by atoms with Gasteiger partial charge in [-0.1, -0.05) is 5.16 Å². The largest absolute Gasteiger partial charge is 0.497 e. The zero-order valence-electron chi connectivity index (χ0n) is 8.24. The Kier molecular flexibility index (Phi) is 2.92. The van der Waals surface area contributed by atoms with Crippen molar-refractivity contribution < 1.29 is 9.26 Å². The van der Waals surface area contributed by atoms with Crippen molar-refractivity contribution in [3.8, 4) is 17.1 Å². The molecular weight excluding hydrogens is 214 g/mol. The smallest absolute Gasteiger partial charge is 0.167 e. The third-order valence-electron chi connectivity index (χ3n) is 2.07. The predicted molar refractivity (Wildman–Crippen MR) is 58.0 cm³/mol. The van der Waals surface area contributed by atoms with Crippen molar-refractivity contribution in [3.05, 3.63) is 36.0 Å². The monoisotopic (exact) mass is 223 g/mol. The molecule has 2 rings (SSSR count). The Hall–Kier alpha value is -1.48. The molecule has 4 heteroatoms. The van der Waals surface area contributed by atoms with Crippen LogP contribution in [0.2, 0.25) is 0 Å². The van der Waals surface area contributed by atoms with E-state index in [4.69, 9.17) is 20.9 Å². The average Bonchev–Trinajstić information content (AvgIpc) is 2.78. The minimum absolute atomic E-state index is 0.361. The predicted octanol–water partition coefficient (Wildman–Crippen LogP) is 3.09. The lowest BCUT2D eigenvalue weighted by Gasteiger charge is -1.99. The first-order valence-corrected chi connectivity index (χ1v) is 5.03. The van der Waals surface area contributed by atoms with Gasteiger partial charge in [-0.3, -0.25) is 0 Å². The molecule has 0 unspecified atom stereocenters. The minimum Gasteiger partial charge on any atom is -0.497 e. The molecule has 0 saturated carbocycles. The average molecular weight is 224 g/mol. The number of hydrogen-bond donors (Lipinski definition) is 0. The van der Waals surface area contributed by atoms with Gasteiger partial charge in [0.15, 0.2) is 5.76 Å². The Labute approximate surface area is 92.6 Å². The number of hydrogen-bond acceptors (Lipinski definition) is 3. The fraction of sp³-hybridized carbons (Fsp3) is 0.182. The van der Waals surface area contributed by atoms with Gasteiger partial charge in [-0.15, -0.1) is 11.6 Å². The first kappa shape index (κ1) is 10.1. The van der Waals surface area contributed by atoms with Crippen molar-refractivity contribution in [1.82, 2.24) is 5.16 Å². The quantitative estimate of drug-likeness (QED) is 0.750. The maximum absolute atomic E-state index is 5.63. The summed E-state index contributed by atoms with van der Waals surface area (Å²) in [5, 5.41) is 3.82. The summed E-state index contributed by atoms with van der Waals surface area (Å²) in [7, 11) is 1.63. The number of methoxy groups -OCH3 is 1. The SMILES string of the molecule is COc1ccc(-c2cc(CCl)no2)cc1. The lowest BCUT2D eigenvalue weighted by atomic mass is 10.1. The fourth-order valence-electron chi connectivity index (χ4n) is 1.27. The molecule has 0 aliphatic carbocycles. The molecule has 0 spiro atoms. The third-order valence-corrected chi connectivity index (χ3v) is 2.34. The van der Waals surface area contributed by atoms with E-state index in [1.807, 2.05) is 30.3 Å². The number of halogens is 1. The van der Waals surface area contributed by atoms with E-state index in [1.165, 1.54) is 0 Å². The molecule has 0 fully saturated rings. The molecule has 3 nitrogen and oxygen atoms in total. The van der Waals surface area contributed by atoms with Crippen LogP contribution in [0.25, 0.3) is 11.3 Å². The molecule has 0 saturated heterocycles. The molecule has 0 bridgehead atoms. The summed E-state index contributed by atoms with van der Waals surface area (Å²) >= 11 is 5.63. The van der Waals surface area contributed by atoms with Crippen LogP contribution in [-0.4, -0.2) is 12.3 Å². The zero-order valence-corrected chi connectivity index (χ0v) is 8.99. The normalized spacial score (nSPS) is 10.3. The van der Waals surface area contributed by atoms with E-state index < -0.39 is 0 Å². The van der Waals surface area contributed by atoms with Crippen LogP contribution in [-0.2, 0) is 5.88 Å². The minimum atomic E-state index is 0.361. The highest BCUT2D eigenvalue weighted by atomic mass is 35.5. The Morgan fingerprint density at radius 2 is 2.07 bits per heavy atom. The van der Waals surface area contributed by atoms with Gasteiger partial charge in [-0.25, -0.2) is 0 Å². The standard InChI is InChI=1S/C11H10ClNO2/c1-14-10-4-2-8(3-5-10)11-6-9(7-12)13-15-11/h2-6H,7H2,1H3. The summed E-state index contributed by atoms with van der Waals surface area (Å²) in [6, 6.07) is 9.40. The number of benzene rings is 1. The van der Waals surface area contributed by atoms with Gasteiger partial charge in [-0.05, 0) is 24.3 Å². The molecule has 1 aromatic heterocycles. The third kappa shape index (κ3) is 2.13. The molecule has 2 aromatic rings. The van der Waals surface area contributed by atoms with Gasteiger partial charge in [0.2, 0.25) is 0 Å². The van der Waals surface area contributed by atoms with E-state index in [9.17, 15) is 0 Å². The highest BCUT2D eigenvalue weighted by Crippen LogP contribution is 2.23. The van der Waals surface area contributed by atoms with Gasteiger partial charge >= 0.3 is 0 Å². The van der Waals surface area contributed by atoms with E-state index in [0.717, 1.165) is 17.0 Å². The van der Waals surface area contributed by atoms with Crippen LogP contribution in [0.5, 0.6) is 5.75 Å². The summed E-state index contributed by atoms with van der Waals surface area (Å²) in [5.74, 6) is 1.89. The van der Waals surface area contributed by atoms with Crippen molar-refractivity contribution in [2.45, 2.75) is 5.88 Å². The van der Waals surface area contributed by atoms with Crippen LogP contribution in [0.1, 0.15) is 5.69 Å². The van der Waals surface area contributed by atoms with E-state index >= 15 is 0 Å². The molecule has 0 atom stereocenters. The van der Waals surface area contributed by atoms with Crippen molar-refractivity contribution in [2.24, 2.45) is 0 Å². The summed E-state index contributed by atoms with van der Waals surface area (Å²) < 4.78 is 10.2. The van der Waals surface area contributed by atoms with E-state index in [-0.39, 0.29) is 0 Å². The molecule has 0 radical (unpaired) electrons. The first-order valence-electron chi connectivity index (χ1n) is 4.49. The maximum Gasteiger partial charge on any atom is 0.167 e. The summed E-state index contributed by atoms with van der Waals surface area (Å²) in [6.07, 6.45) is 0. The number of alkyl halides is 1. The van der Waals surface area contributed by atoms with Crippen molar-refractivity contribution in [3.63, 3.8) is 0 Å². The van der Waals surface area contributed by atoms with Crippen LogP contribution in [0.4, 0.5) is 0 Å². The topological polar surface area (TPSA) is 35.3 Å². The Morgan fingerprint density at radius 3 is 2.60 bits per heavy atom. The Bertz CT molecular complexity index is 436. The number of aromatic nitrogens is 1. The van der Waals surface area contributed by atoms with E-state index in [0.29, 0.717) is 11.6 Å². The van der Waals surface area contributed by atoms with Crippen LogP contribution in [0.3, 0.4) is 0 Å². The number of ether oxygens (including phenoxy) is 1. The van der Waals surface area contributed by atoms with E-state index in [1.54, 1.807) is 7.11 Å². The van der Waals surface area contributed by atoms with Gasteiger partial charge in [-0.2, -0.15) is 0 Å². The molecule has 1 aromatic carbocycles. The van der Waals surface area contributed by atoms with Crippen molar-refractivity contribution >= 4 is 11.6 Å². The van der Waals surface area contributed by atoms with Crippen LogP contribution >= 0.6 is 11.6 Å². The second-order valence-corrected chi connectivity index (χ2v) is 3.31. The second kappa shape index (κ2) is 4.36. The van der Waals surface area contributed by atoms with Gasteiger partial charge < -0.3 is 9.26 Å². The molecule has 0 N–H and O–H groups in total. The summed E-state index contributed by atoms with van der Waals surface area (Å²) in [5.41, 5.74) is 1.70. The molecular formula is C11H10ClNO2. The first-order chi connectivity index (χ1) is 7.33. The van der Waals surface area contributed by atoms with E-state index in [2.05, 4.69) is 5.16 Å². The van der Waals surface area contributed by atoms with Gasteiger partial charge in [0.05, 0.1) is 18.7 Å². The Balaban J connectivity index is 2.28. The number of rotatable bonds is 3. The molecule has 0 aliphatic heterocycles. The van der Waals surface area contributed by atoms with Crippen LogP contribution < -0.4 is 4.74 Å². The fourth-order valence-corrected chi connectivity index (χ4v) is 1.39. The maximum atomic E-state index is 5.63. The molecule has 0 amide bonds. The van der Waals surface area contributed by atoms with Crippen molar-refractivity contribution in [1.29, 1.82) is 0 Å². The molecule has 15 heavy (non-hydrogen) atoms. The highest BCUT2D eigenvalue weighted by Gasteiger charge is 2.05. The molecule has 1 heterocycles. The van der Waals surface area contributed by atoms with Crippen LogP contribution in [0.15, 0.2) is 34.9 Å². The number of nitrogens with zero attached hydrogens (tertiary/aromatic N) is 1. The van der Waals surface area contributed by atoms with Gasteiger partial charge in [0.1, 0.15) is 5.75 Å². The summed E-state index contributed by atoms with van der Waals surface area (Å²) in [6.45, 7) is 0. The Morgan fingerprint density at radius 1 is 1.33 bits per heavy atom. The highest BCUT2D eigenvalue weighted by molar-refractivity contribution is 6.16. The lowest BCUT2D eigenvalue weighted by molar-refractivity contribution is 0.414. The second-order valence-electron chi connectivity index (χ2n) is 3.04. The van der Waals surface area contributed by atoms with Crippen LogP contribution in [0, 0.1) is 0 Å². The van der Waals surface area contributed by atoms with Gasteiger partial charge in [0, 0.05) is 11.6 Å².